The van der Waals surface area contributed by atoms with Crippen LogP contribution in [0.3, 0.4) is 0 Å². The van der Waals surface area contributed by atoms with Crippen LogP contribution in [-0.4, -0.2) is 20.5 Å². The number of aromatic nitrogens is 2. The van der Waals surface area contributed by atoms with E-state index in [1.165, 1.54) is 17.4 Å². The normalized spacial score (nSPS) is 12.3. The van der Waals surface area contributed by atoms with Crippen molar-refractivity contribution in [3.05, 3.63) is 74.5 Å². The van der Waals surface area contributed by atoms with Crippen molar-refractivity contribution in [1.29, 1.82) is 0 Å². The van der Waals surface area contributed by atoms with E-state index in [2.05, 4.69) is 4.98 Å². The number of hydrogen-bond donors (Lipinski definition) is 1. The zero-order valence-corrected chi connectivity index (χ0v) is 12.6. The lowest BCUT2D eigenvalue weighted by atomic mass is 10.1. The molecule has 0 unspecified atom stereocenters. The Hall–Kier alpha value is -2.99. The minimum atomic E-state index is -0.991. The predicted molar refractivity (Wildman–Crippen MR) is 89.0 cm³/mol. The minimum Gasteiger partial charge on any atom is -0.478 e. The number of carbonyl (C=O) groups is 1. The predicted octanol–water partition coefficient (Wildman–Crippen LogP) is 2.16. The second-order valence-corrected chi connectivity index (χ2v) is 6.07. The third-order valence-corrected chi connectivity index (χ3v) is 4.55. The molecule has 6 heteroatoms. The number of fused-ring (bicyclic) bond motifs is 3. The summed E-state index contributed by atoms with van der Waals surface area (Å²) in [6, 6.07) is 14.0. The monoisotopic (exact) mass is 322 g/mol. The van der Waals surface area contributed by atoms with Crippen LogP contribution < -0.4 is 10.1 Å². The molecule has 23 heavy (non-hydrogen) atoms. The van der Waals surface area contributed by atoms with Crippen molar-refractivity contribution in [3.8, 4) is 0 Å². The standard InChI is InChI=1S/C17H10N2O3S/c20-15-14(9-10-4-3-5-11(8-10)16(21)22)23-17-18-12-6-1-2-7-13(12)19(15)17/h1-9H,(H,21,22)/b14-9-. The number of para-hydroxylation sites is 2. The fraction of sp³-hybridized carbons (Fsp3) is 0. The van der Waals surface area contributed by atoms with E-state index in [4.69, 9.17) is 5.11 Å². The number of benzene rings is 2. The van der Waals surface area contributed by atoms with E-state index < -0.39 is 5.97 Å². The summed E-state index contributed by atoms with van der Waals surface area (Å²) in [5, 5.41) is 9.04. The van der Waals surface area contributed by atoms with Crippen LogP contribution in [-0.2, 0) is 0 Å². The molecule has 0 bridgehead atoms. The highest BCUT2D eigenvalue weighted by atomic mass is 32.1. The molecule has 2 aromatic heterocycles. The van der Waals surface area contributed by atoms with Crippen molar-refractivity contribution >= 4 is 39.4 Å². The SMILES string of the molecule is O=C(O)c1cccc(/C=c2\sc3nc4ccccc4n3c2=O)c1. The third-order valence-electron chi connectivity index (χ3n) is 3.58. The number of carboxylic acid groups (broad SMARTS) is 1. The molecule has 0 radical (unpaired) electrons. The molecule has 0 spiro atoms. The van der Waals surface area contributed by atoms with Gasteiger partial charge in [0.2, 0.25) is 0 Å². The molecule has 4 rings (SSSR count). The lowest BCUT2D eigenvalue weighted by Crippen LogP contribution is -2.22. The zero-order valence-electron chi connectivity index (χ0n) is 11.8. The van der Waals surface area contributed by atoms with Gasteiger partial charge in [0.15, 0.2) is 4.96 Å². The zero-order chi connectivity index (χ0) is 16.0. The summed E-state index contributed by atoms with van der Waals surface area (Å²) in [6.45, 7) is 0. The summed E-state index contributed by atoms with van der Waals surface area (Å²) < 4.78 is 2.12. The van der Waals surface area contributed by atoms with Gasteiger partial charge in [-0.2, -0.15) is 0 Å². The van der Waals surface area contributed by atoms with E-state index in [1.54, 1.807) is 28.7 Å². The first kappa shape index (κ1) is 13.7. The average Bonchev–Trinajstić information content (AvgIpc) is 3.05. The van der Waals surface area contributed by atoms with Gasteiger partial charge in [-0.15, -0.1) is 0 Å². The number of carboxylic acids is 1. The van der Waals surface area contributed by atoms with Crippen molar-refractivity contribution in [2.75, 3.05) is 0 Å². The maximum atomic E-state index is 12.6. The summed E-state index contributed by atoms with van der Waals surface area (Å²) in [5.41, 5.74) is 2.30. The van der Waals surface area contributed by atoms with E-state index in [9.17, 15) is 9.59 Å². The van der Waals surface area contributed by atoms with E-state index >= 15 is 0 Å². The molecule has 4 aromatic rings. The molecule has 0 saturated carbocycles. The largest absolute Gasteiger partial charge is 0.478 e. The molecule has 5 nitrogen and oxygen atoms in total. The van der Waals surface area contributed by atoms with Crippen LogP contribution in [0.25, 0.3) is 22.1 Å². The summed E-state index contributed by atoms with van der Waals surface area (Å²) >= 11 is 1.30. The molecule has 0 aliphatic rings. The average molecular weight is 322 g/mol. The molecule has 112 valence electrons. The Morgan fingerprint density at radius 1 is 1.17 bits per heavy atom. The van der Waals surface area contributed by atoms with Crippen molar-refractivity contribution < 1.29 is 9.90 Å². The van der Waals surface area contributed by atoms with Gasteiger partial charge in [0, 0.05) is 0 Å². The fourth-order valence-corrected chi connectivity index (χ4v) is 3.51. The topological polar surface area (TPSA) is 71.7 Å². The van der Waals surface area contributed by atoms with Crippen LogP contribution in [0.5, 0.6) is 0 Å². The van der Waals surface area contributed by atoms with Gasteiger partial charge < -0.3 is 5.11 Å². The fourth-order valence-electron chi connectivity index (χ4n) is 2.52. The smallest absolute Gasteiger partial charge is 0.335 e. The second-order valence-electron chi connectivity index (χ2n) is 5.06. The Morgan fingerprint density at radius 3 is 2.83 bits per heavy atom. The van der Waals surface area contributed by atoms with Gasteiger partial charge in [-0.25, -0.2) is 14.2 Å². The Bertz CT molecular complexity index is 1170. The molecule has 0 amide bonds. The maximum Gasteiger partial charge on any atom is 0.335 e. The lowest BCUT2D eigenvalue weighted by molar-refractivity contribution is 0.0697. The molecule has 0 saturated heterocycles. The first-order valence-electron chi connectivity index (χ1n) is 6.88. The Balaban J connectivity index is 1.96. The van der Waals surface area contributed by atoms with Crippen LogP contribution in [0.15, 0.2) is 53.3 Å². The van der Waals surface area contributed by atoms with Crippen LogP contribution in [0.1, 0.15) is 15.9 Å². The highest BCUT2D eigenvalue weighted by Crippen LogP contribution is 2.15. The molecule has 0 aliphatic carbocycles. The molecule has 0 atom stereocenters. The molecular formula is C17H10N2O3S. The van der Waals surface area contributed by atoms with Gasteiger partial charge in [-0.3, -0.25) is 4.79 Å². The van der Waals surface area contributed by atoms with E-state index in [0.717, 1.165) is 11.0 Å². The van der Waals surface area contributed by atoms with Gasteiger partial charge in [0.1, 0.15) is 0 Å². The highest BCUT2D eigenvalue weighted by Gasteiger charge is 2.10. The molecule has 0 fully saturated rings. The summed E-state index contributed by atoms with van der Waals surface area (Å²) in [4.78, 5) is 28.7. The summed E-state index contributed by atoms with van der Waals surface area (Å²) in [7, 11) is 0. The number of rotatable bonds is 2. The quantitative estimate of drug-likeness (QED) is 0.614. The number of imidazole rings is 1. The van der Waals surface area contributed by atoms with Crippen LogP contribution >= 0.6 is 11.3 Å². The van der Waals surface area contributed by atoms with Gasteiger partial charge in [-0.05, 0) is 35.9 Å². The number of thiazole rings is 1. The number of hydrogen-bond acceptors (Lipinski definition) is 4. The second kappa shape index (κ2) is 5.03. The molecule has 1 N–H and O–H groups in total. The Kier molecular flexibility index (Phi) is 2.99. The van der Waals surface area contributed by atoms with E-state index in [-0.39, 0.29) is 11.1 Å². The molecule has 0 aliphatic heterocycles. The van der Waals surface area contributed by atoms with Gasteiger partial charge in [0.05, 0.1) is 21.1 Å². The van der Waals surface area contributed by atoms with Crippen molar-refractivity contribution in [2.24, 2.45) is 0 Å². The Morgan fingerprint density at radius 2 is 2.00 bits per heavy atom. The number of aromatic carboxylic acids is 1. The Labute approximate surface area is 133 Å². The van der Waals surface area contributed by atoms with Crippen molar-refractivity contribution in [3.63, 3.8) is 0 Å². The molecule has 2 aromatic carbocycles. The summed E-state index contributed by atoms with van der Waals surface area (Å²) in [5.74, 6) is -0.991. The van der Waals surface area contributed by atoms with Gasteiger partial charge >= 0.3 is 5.97 Å². The molecular weight excluding hydrogens is 312 g/mol. The lowest BCUT2D eigenvalue weighted by Gasteiger charge is -1.95. The first-order valence-corrected chi connectivity index (χ1v) is 7.70. The van der Waals surface area contributed by atoms with Crippen LogP contribution in [0, 0.1) is 0 Å². The van der Waals surface area contributed by atoms with Gasteiger partial charge in [-0.1, -0.05) is 35.6 Å². The van der Waals surface area contributed by atoms with Crippen molar-refractivity contribution in [1.82, 2.24) is 9.38 Å². The first-order chi connectivity index (χ1) is 11.1. The van der Waals surface area contributed by atoms with Crippen LogP contribution in [0.4, 0.5) is 0 Å². The van der Waals surface area contributed by atoms with Crippen molar-refractivity contribution in [2.45, 2.75) is 0 Å². The summed E-state index contributed by atoms with van der Waals surface area (Å²) in [6.07, 6.45) is 1.70. The van der Waals surface area contributed by atoms with Gasteiger partial charge in [0.25, 0.3) is 5.56 Å². The highest BCUT2D eigenvalue weighted by molar-refractivity contribution is 7.15. The molecule has 2 heterocycles. The minimum absolute atomic E-state index is 0.139. The number of nitrogens with zero attached hydrogens (tertiary/aromatic N) is 2. The third kappa shape index (κ3) is 2.20. The maximum absolute atomic E-state index is 12.6. The van der Waals surface area contributed by atoms with Crippen LogP contribution in [0.2, 0.25) is 0 Å². The van der Waals surface area contributed by atoms with E-state index in [0.29, 0.717) is 15.1 Å². The van der Waals surface area contributed by atoms with E-state index in [1.807, 2.05) is 24.3 Å².